The molecule has 0 bridgehead atoms. The van der Waals surface area contributed by atoms with Crippen LogP contribution in [0, 0.1) is 12.0 Å². The molecule has 43 heavy (non-hydrogen) atoms. The average Bonchev–Trinajstić information content (AvgIpc) is 3.50. The summed E-state index contributed by atoms with van der Waals surface area (Å²) in [6, 6.07) is 35.2. The Labute approximate surface area is 291 Å². The van der Waals surface area contributed by atoms with Gasteiger partial charge < -0.3 is 24.8 Å². The van der Waals surface area contributed by atoms with Crippen molar-refractivity contribution >= 4 is 60.2 Å². The third kappa shape index (κ3) is 11.3. The Balaban J connectivity index is 0.000000225. The SMILES string of the molecule is CC1=[C-]C(C)C=C1[Si](C)(C)C.Clc1ccc([CH]=[Zr]=[CH]c2ccc(Cl)cc2)cc1.[Cl-].[Cl-].c1ccc2c(c1)[cH-]c1ccccc12. The molecule has 5 aromatic carbocycles. The summed E-state index contributed by atoms with van der Waals surface area (Å²) in [5, 5.41) is 8.57. The van der Waals surface area contributed by atoms with E-state index >= 15 is 0 Å². The fraction of sp³-hybridized carbons (Fsp3) is 0.162. The molecule has 0 aliphatic heterocycles. The number of benzene rings is 4. The Morgan fingerprint density at radius 1 is 0.698 bits per heavy atom. The molecule has 0 fully saturated rings. The first-order chi connectivity index (χ1) is 19.6. The van der Waals surface area contributed by atoms with Gasteiger partial charge in [-0.25, -0.2) is 10.8 Å². The molecule has 0 radical (unpaired) electrons. The van der Waals surface area contributed by atoms with Gasteiger partial charge in [0.2, 0.25) is 0 Å². The Kier molecular flexibility index (Phi) is 15.4. The van der Waals surface area contributed by atoms with Crippen molar-refractivity contribution in [3.05, 3.63) is 147 Å². The van der Waals surface area contributed by atoms with E-state index in [1.165, 1.54) is 38.2 Å². The maximum absolute atomic E-state index is 5.84. The summed E-state index contributed by atoms with van der Waals surface area (Å²) in [5.74, 6) is 0.553. The summed E-state index contributed by atoms with van der Waals surface area (Å²) in [4.78, 5) is 0. The second-order valence-corrected chi connectivity index (χ2v) is 19.4. The maximum atomic E-state index is 5.84. The smallest absolute Gasteiger partial charge is 0.0771 e. The fourth-order valence-electron chi connectivity index (χ4n) is 4.90. The summed E-state index contributed by atoms with van der Waals surface area (Å²) in [5.41, 5.74) is 3.91. The van der Waals surface area contributed by atoms with E-state index in [9.17, 15) is 0 Å². The van der Waals surface area contributed by atoms with Gasteiger partial charge in [-0.05, 0) is 8.07 Å². The maximum Gasteiger partial charge on any atom is -0.0771 e. The Morgan fingerprint density at radius 3 is 1.47 bits per heavy atom. The van der Waals surface area contributed by atoms with E-state index in [0.29, 0.717) is 5.92 Å². The quantitative estimate of drug-likeness (QED) is 0.181. The minimum atomic E-state index is -1.07. The van der Waals surface area contributed by atoms with E-state index in [2.05, 4.69) is 132 Å². The molecule has 1 aliphatic carbocycles. The molecular weight excluding hydrogens is 706 g/mol. The van der Waals surface area contributed by atoms with Gasteiger partial charge in [-0.1, -0.05) is 75.8 Å². The van der Waals surface area contributed by atoms with Crippen LogP contribution >= 0.6 is 23.2 Å². The fourth-order valence-corrected chi connectivity index (χ4v) is 9.20. The van der Waals surface area contributed by atoms with Gasteiger partial charge in [0, 0.05) is 0 Å². The van der Waals surface area contributed by atoms with Gasteiger partial charge in [0.15, 0.2) is 0 Å². The van der Waals surface area contributed by atoms with Crippen molar-refractivity contribution in [3.8, 4) is 0 Å². The van der Waals surface area contributed by atoms with Crippen LogP contribution in [-0.2, 0) is 22.3 Å². The van der Waals surface area contributed by atoms with E-state index in [0.717, 1.165) is 10.0 Å². The summed E-state index contributed by atoms with van der Waals surface area (Å²) in [6.07, 6.45) is 5.81. The molecule has 0 saturated heterocycles. The molecule has 0 aromatic heterocycles. The predicted octanol–water partition coefficient (Wildman–Crippen LogP) is 4.99. The van der Waals surface area contributed by atoms with Crippen LogP contribution in [-0.4, -0.2) is 15.5 Å². The van der Waals surface area contributed by atoms with E-state index in [1.807, 2.05) is 24.3 Å². The van der Waals surface area contributed by atoms with Crippen LogP contribution < -0.4 is 24.8 Å². The van der Waals surface area contributed by atoms with Crippen molar-refractivity contribution in [2.24, 2.45) is 5.92 Å². The molecule has 0 saturated carbocycles. The van der Waals surface area contributed by atoms with E-state index in [-0.39, 0.29) is 24.8 Å². The van der Waals surface area contributed by atoms with Crippen LogP contribution in [0.15, 0.2) is 120 Å². The van der Waals surface area contributed by atoms with Crippen LogP contribution in [0.1, 0.15) is 25.0 Å². The molecule has 0 nitrogen and oxygen atoms in total. The van der Waals surface area contributed by atoms with Crippen molar-refractivity contribution in [2.75, 3.05) is 0 Å². The average molecular weight is 742 g/mol. The van der Waals surface area contributed by atoms with Crippen molar-refractivity contribution in [1.82, 2.24) is 0 Å². The largest absolute Gasteiger partial charge is 1.00 e. The Morgan fingerprint density at radius 2 is 1.12 bits per heavy atom. The summed E-state index contributed by atoms with van der Waals surface area (Å²) >= 11 is 11.0. The third-order valence-electron chi connectivity index (χ3n) is 6.84. The minimum Gasteiger partial charge on any atom is -1.00 e. The molecule has 6 rings (SSSR count). The predicted molar refractivity (Wildman–Crippen MR) is 183 cm³/mol. The van der Waals surface area contributed by atoms with Gasteiger partial charge in [-0.15, -0.1) is 39.7 Å². The van der Waals surface area contributed by atoms with Crippen LogP contribution in [0.4, 0.5) is 0 Å². The molecule has 0 N–H and O–H groups in total. The molecule has 1 atom stereocenters. The van der Waals surface area contributed by atoms with Crippen LogP contribution in [0.2, 0.25) is 29.7 Å². The molecule has 6 heteroatoms. The monoisotopic (exact) mass is 738 g/mol. The standard InChI is InChI=1S/C13H9.C10H17Si.2C7H5Cl.2ClH.Zr/c1-3-7-12-10(5-1)9-11-6-2-4-8-13(11)12;1-8-6-9(2)10(7-8)11(3,4)5;2*1-6-2-4-7(8)5-3-6;;;/h1-9H;7-8H,1-5H3;2*1-5H;2*1H;/q2*-1;;;;;/p-2. The zero-order valence-corrected chi connectivity index (χ0v) is 31.6. The summed E-state index contributed by atoms with van der Waals surface area (Å²) < 4.78 is 4.66. The van der Waals surface area contributed by atoms with Crippen molar-refractivity contribution in [3.63, 3.8) is 0 Å². The van der Waals surface area contributed by atoms with Crippen molar-refractivity contribution in [1.29, 1.82) is 0 Å². The molecule has 1 aliphatic rings. The van der Waals surface area contributed by atoms with Crippen LogP contribution in [0.3, 0.4) is 0 Å². The Hall–Kier alpha value is -1.77. The van der Waals surface area contributed by atoms with Gasteiger partial charge in [0.25, 0.3) is 0 Å². The van der Waals surface area contributed by atoms with Gasteiger partial charge in [0.1, 0.15) is 0 Å². The van der Waals surface area contributed by atoms with Crippen molar-refractivity contribution < 1.29 is 47.1 Å². The minimum absolute atomic E-state index is 0. The van der Waals surface area contributed by atoms with Crippen molar-refractivity contribution in [2.45, 2.75) is 33.5 Å². The summed E-state index contributed by atoms with van der Waals surface area (Å²) in [7, 11) is -1.07. The summed E-state index contributed by atoms with van der Waals surface area (Å²) in [6.45, 7) is 11.6. The zero-order chi connectivity index (χ0) is 29.4. The molecule has 0 spiro atoms. The molecule has 0 heterocycles. The first-order valence-electron chi connectivity index (χ1n) is 13.9. The van der Waals surface area contributed by atoms with Gasteiger partial charge in [-0.3, -0.25) is 6.08 Å². The number of allylic oxidation sites excluding steroid dienone is 4. The van der Waals surface area contributed by atoms with Crippen LogP contribution in [0.25, 0.3) is 21.5 Å². The third-order valence-corrected chi connectivity index (χ3v) is 12.0. The number of fused-ring (bicyclic) bond motifs is 3. The van der Waals surface area contributed by atoms with E-state index < -0.39 is 30.3 Å². The topological polar surface area (TPSA) is 0 Å². The second kappa shape index (κ2) is 17.6. The molecule has 1 unspecified atom stereocenters. The number of halogens is 4. The molecule has 5 aromatic rings. The van der Waals surface area contributed by atoms with Gasteiger partial charge in [0.05, 0.1) is 0 Å². The first kappa shape index (κ1) is 37.4. The van der Waals surface area contributed by atoms with E-state index in [1.54, 1.807) is 5.20 Å². The normalized spacial score (nSPS) is 13.5. The number of hydrogen-bond acceptors (Lipinski definition) is 0. The first-order valence-corrected chi connectivity index (χ1v) is 21.0. The number of hydrogen-bond donors (Lipinski definition) is 0. The molecule has 0 amide bonds. The van der Waals surface area contributed by atoms with Gasteiger partial charge in [-0.2, -0.15) is 6.08 Å². The van der Waals surface area contributed by atoms with Crippen LogP contribution in [0.5, 0.6) is 0 Å². The molecule has 224 valence electrons. The van der Waals surface area contributed by atoms with E-state index in [4.69, 9.17) is 23.2 Å². The van der Waals surface area contributed by atoms with Gasteiger partial charge >= 0.3 is 123 Å². The number of rotatable bonds is 3. The second-order valence-electron chi connectivity index (χ2n) is 11.3. The Bertz CT molecular complexity index is 1630. The zero-order valence-electron chi connectivity index (χ0n) is 25.1. The molecular formula is C37H36Cl4SiZr-4.